The van der Waals surface area contributed by atoms with Crippen LogP contribution in [0.2, 0.25) is 0 Å². The fraction of sp³-hybridized carbons (Fsp3) is 0.217. The van der Waals surface area contributed by atoms with E-state index in [4.69, 9.17) is 0 Å². The van der Waals surface area contributed by atoms with Gasteiger partial charge in [0.2, 0.25) is 10.0 Å². The van der Waals surface area contributed by atoms with Crippen molar-refractivity contribution in [2.24, 2.45) is 0 Å². The lowest BCUT2D eigenvalue weighted by Crippen LogP contribution is -2.48. The van der Waals surface area contributed by atoms with Gasteiger partial charge in [-0.25, -0.2) is 12.8 Å². The maximum absolute atomic E-state index is 13.4. The Morgan fingerprint density at radius 2 is 1.61 bits per heavy atom. The van der Waals surface area contributed by atoms with E-state index in [9.17, 15) is 12.8 Å². The number of thioether (sulfide) groups is 1. The summed E-state index contributed by atoms with van der Waals surface area (Å²) in [7, 11) is -3.74. The lowest BCUT2D eigenvalue weighted by molar-refractivity contribution is 0.385. The molecule has 2 aromatic heterocycles. The second-order valence-corrected chi connectivity index (χ2v) is 10.5. The smallest absolute Gasteiger partial charge is 0.246 e. The summed E-state index contributed by atoms with van der Waals surface area (Å²) in [5.74, 6) is 0.423. The molecule has 33 heavy (non-hydrogen) atoms. The highest BCUT2D eigenvalue weighted by Crippen LogP contribution is 2.27. The Bertz CT molecular complexity index is 1350. The first-order chi connectivity index (χ1) is 16.0. The van der Waals surface area contributed by atoms with Crippen LogP contribution in [-0.2, 0) is 15.8 Å². The first-order valence-electron chi connectivity index (χ1n) is 10.5. The van der Waals surface area contributed by atoms with Crippen molar-refractivity contribution in [1.82, 2.24) is 18.9 Å². The third kappa shape index (κ3) is 4.46. The number of halogens is 1. The number of sulfonamides is 1. The van der Waals surface area contributed by atoms with Gasteiger partial charge in [-0.3, -0.25) is 4.40 Å². The molecular weight excluding hydrogens is 461 g/mol. The topological polar surface area (TPSA) is 70.8 Å². The number of hydrogen-bond donors (Lipinski definition) is 0. The summed E-state index contributed by atoms with van der Waals surface area (Å²) in [5, 5.41) is 9.09. The molecule has 1 fully saturated rings. The molecule has 1 saturated heterocycles. The molecule has 1 aliphatic heterocycles. The van der Waals surface area contributed by atoms with Gasteiger partial charge in [0.15, 0.2) is 10.8 Å². The second-order valence-electron chi connectivity index (χ2n) is 7.69. The highest BCUT2D eigenvalue weighted by Gasteiger charge is 2.31. The third-order valence-corrected chi connectivity index (χ3v) is 8.56. The Morgan fingerprint density at radius 3 is 2.33 bits per heavy atom. The van der Waals surface area contributed by atoms with Crippen molar-refractivity contribution in [3.05, 3.63) is 84.3 Å². The van der Waals surface area contributed by atoms with Crippen molar-refractivity contribution < 1.29 is 12.8 Å². The van der Waals surface area contributed by atoms with E-state index in [-0.39, 0.29) is 10.7 Å². The largest absolute Gasteiger partial charge is 0.369 e. The van der Waals surface area contributed by atoms with Gasteiger partial charge >= 0.3 is 0 Å². The van der Waals surface area contributed by atoms with Crippen LogP contribution >= 0.6 is 11.8 Å². The summed E-state index contributed by atoms with van der Waals surface area (Å²) in [5.41, 5.74) is 2.36. The van der Waals surface area contributed by atoms with E-state index in [1.165, 1.54) is 28.2 Å². The highest BCUT2D eigenvalue weighted by atomic mass is 32.2. The molecule has 0 saturated carbocycles. The predicted molar refractivity (Wildman–Crippen MR) is 126 cm³/mol. The number of hydrogen-bond acceptors (Lipinski definition) is 6. The number of benzene rings is 2. The Hall–Kier alpha value is -2.95. The molecule has 0 aliphatic carbocycles. The van der Waals surface area contributed by atoms with Gasteiger partial charge in [-0.05, 0) is 42.0 Å². The first-order valence-corrected chi connectivity index (χ1v) is 13.0. The molecule has 4 aromatic rings. The third-order valence-electron chi connectivity index (χ3n) is 5.63. The molecule has 0 bridgehead atoms. The number of rotatable bonds is 6. The number of anilines is 1. The molecule has 2 aromatic carbocycles. The molecule has 0 spiro atoms. The van der Waals surface area contributed by atoms with E-state index in [1.807, 2.05) is 30.3 Å². The minimum Gasteiger partial charge on any atom is -0.369 e. The molecule has 0 unspecified atom stereocenters. The first kappa shape index (κ1) is 21.9. The van der Waals surface area contributed by atoms with Gasteiger partial charge in [-0.1, -0.05) is 42.1 Å². The average molecular weight is 484 g/mol. The Morgan fingerprint density at radius 1 is 0.879 bits per heavy atom. The molecule has 7 nitrogen and oxygen atoms in total. The van der Waals surface area contributed by atoms with Gasteiger partial charge in [0.05, 0.1) is 0 Å². The quantitative estimate of drug-likeness (QED) is 0.390. The van der Waals surface area contributed by atoms with Crippen molar-refractivity contribution in [2.75, 3.05) is 31.1 Å². The fourth-order valence-electron chi connectivity index (χ4n) is 3.87. The van der Waals surface area contributed by atoms with Gasteiger partial charge in [-0.2, -0.15) is 4.31 Å². The zero-order valence-electron chi connectivity index (χ0n) is 17.7. The second kappa shape index (κ2) is 9.12. The molecule has 0 amide bonds. The number of fused-ring (bicyclic) bond motifs is 1. The van der Waals surface area contributed by atoms with Crippen molar-refractivity contribution >= 4 is 33.1 Å². The molecule has 0 atom stereocenters. The minimum atomic E-state index is -3.74. The summed E-state index contributed by atoms with van der Waals surface area (Å²) in [4.78, 5) is 2.21. The number of pyridine rings is 1. The van der Waals surface area contributed by atoms with Crippen LogP contribution < -0.4 is 4.90 Å². The molecular formula is C23H22FN5O2S2. The van der Waals surface area contributed by atoms with E-state index >= 15 is 0 Å². The lowest BCUT2D eigenvalue weighted by atomic mass is 10.2. The maximum atomic E-state index is 13.4. The molecule has 1 aliphatic rings. The number of piperazine rings is 1. The predicted octanol–water partition coefficient (Wildman–Crippen LogP) is 3.67. The summed E-state index contributed by atoms with van der Waals surface area (Å²) in [6, 6.07) is 19.6. The van der Waals surface area contributed by atoms with Crippen LogP contribution in [0.1, 0.15) is 5.56 Å². The van der Waals surface area contributed by atoms with Gasteiger partial charge < -0.3 is 4.90 Å². The van der Waals surface area contributed by atoms with Crippen LogP contribution in [0, 0.1) is 5.82 Å². The monoisotopic (exact) mass is 483 g/mol. The Kier molecular flexibility index (Phi) is 6.05. The summed E-state index contributed by atoms with van der Waals surface area (Å²) in [6.07, 6.45) is 1.79. The maximum Gasteiger partial charge on any atom is 0.246 e. The van der Waals surface area contributed by atoms with Gasteiger partial charge in [0, 0.05) is 43.8 Å². The highest BCUT2D eigenvalue weighted by molar-refractivity contribution is 7.98. The average Bonchev–Trinajstić information content (AvgIpc) is 3.27. The normalized spacial score (nSPS) is 15.2. The van der Waals surface area contributed by atoms with Gasteiger partial charge in [0.25, 0.3) is 0 Å². The van der Waals surface area contributed by atoms with E-state index in [0.29, 0.717) is 42.7 Å². The van der Waals surface area contributed by atoms with Crippen molar-refractivity contribution in [3.8, 4) is 0 Å². The summed E-state index contributed by atoms with van der Waals surface area (Å²) in [6.45, 7) is 1.73. The van der Waals surface area contributed by atoms with Crippen LogP contribution in [0.4, 0.5) is 10.1 Å². The van der Waals surface area contributed by atoms with Crippen LogP contribution in [0.5, 0.6) is 0 Å². The SMILES string of the molecule is O=S(=O)(c1cccn2c(SCc3ccccc3)nnc12)N1CCN(c2ccc(F)cc2)CC1. The van der Waals surface area contributed by atoms with Crippen molar-refractivity contribution in [1.29, 1.82) is 0 Å². The number of aromatic nitrogens is 3. The van der Waals surface area contributed by atoms with E-state index < -0.39 is 10.0 Å². The van der Waals surface area contributed by atoms with Crippen molar-refractivity contribution in [2.45, 2.75) is 15.8 Å². The molecule has 10 heteroatoms. The van der Waals surface area contributed by atoms with E-state index in [1.54, 1.807) is 34.9 Å². The molecule has 5 rings (SSSR count). The van der Waals surface area contributed by atoms with Gasteiger partial charge in [0.1, 0.15) is 10.7 Å². The van der Waals surface area contributed by atoms with Crippen LogP contribution in [0.25, 0.3) is 5.65 Å². The zero-order valence-corrected chi connectivity index (χ0v) is 19.3. The van der Waals surface area contributed by atoms with E-state index in [0.717, 1.165) is 11.3 Å². The van der Waals surface area contributed by atoms with Crippen LogP contribution in [-0.4, -0.2) is 53.5 Å². The standard InChI is InChI=1S/C23H22FN5O2S2/c24-19-8-10-20(11-9-19)27-13-15-28(16-14-27)33(30,31)21-7-4-12-29-22(21)25-26-23(29)32-17-18-5-2-1-3-6-18/h1-12H,13-17H2. The molecule has 3 heterocycles. The minimum absolute atomic E-state index is 0.152. The van der Waals surface area contributed by atoms with Gasteiger partial charge in [-0.15, -0.1) is 10.2 Å². The zero-order chi connectivity index (χ0) is 22.8. The van der Waals surface area contributed by atoms with Crippen LogP contribution in [0.3, 0.4) is 0 Å². The Balaban J connectivity index is 1.34. The lowest BCUT2D eigenvalue weighted by Gasteiger charge is -2.35. The molecule has 0 radical (unpaired) electrons. The summed E-state index contributed by atoms with van der Waals surface area (Å²) >= 11 is 1.51. The fourth-order valence-corrected chi connectivity index (χ4v) is 6.29. The molecule has 0 N–H and O–H groups in total. The number of nitrogens with zero attached hydrogens (tertiary/aromatic N) is 5. The Labute approximate surface area is 195 Å². The molecule has 170 valence electrons. The summed E-state index contributed by atoms with van der Waals surface area (Å²) < 4.78 is 43.3. The van der Waals surface area contributed by atoms with Crippen molar-refractivity contribution in [3.63, 3.8) is 0 Å². The van der Waals surface area contributed by atoms with Crippen LogP contribution in [0.15, 0.2) is 83.0 Å². The van der Waals surface area contributed by atoms with E-state index in [2.05, 4.69) is 15.1 Å².